The third-order valence-corrected chi connectivity index (χ3v) is 5.42. The molecule has 0 radical (unpaired) electrons. The molecule has 1 aromatic rings. The first kappa shape index (κ1) is 14.4. The molecule has 0 N–H and O–H groups in total. The molecule has 0 aliphatic carbocycles. The number of carbonyl (C=O) groups is 2. The Morgan fingerprint density at radius 1 is 1.38 bits per heavy atom. The highest BCUT2D eigenvalue weighted by Crippen LogP contribution is 2.42. The van der Waals surface area contributed by atoms with Gasteiger partial charge in [0.25, 0.3) is 0 Å². The summed E-state index contributed by atoms with van der Waals surface area (Å²) in [5, 5.41) is 0. The maximum Gasteiger partial charge on any atom is 0.321 e. The third kappa shape index (κ3) is 2.31. The molecule has 21 heavy (non-hydrogen) atoms. The number of hydrogen-bond acceptors (Lipinski definition) is 4. The van der Waals surface area contributed by atoms with Crippen molar-refractivity contribution < 1.29 is 14.3 Å². The van der Waals surface area contributed by atoms with Crippen LogP contribution >= 0.6 is 11.8 Å². The molecule has 2 heterocycles. The molecule has 3 nitrogen and oxygen atoms in total. The number of fused-ring (bicyclic) bond motifs is 2. The van der Waals surface area contributed by atoms with Crippen LogP contribution in [0.1, 0.15) is 44.2 Å². The molecule has 2 aliphatic rings. The Bertz CT molecular complexity index is 660. The van der Waals surface area contributed by atoms with Gasteiger partial charge in [-0.05, 0) is 37.0 Å². The second-order valence-electron chi connectivity index (χ2n) is 5.67. The highest BCUT2D eigenvalue weighted by Gasteiger charge is 2.38. The number of carbonyl (C=O) groups excluding carboxylic acids is 2. The molecule has 0 spiro atoms. The molecule has 0 saturated carbocycles. The second kappa shape index (κ2) is 5.34. The fraction of sp³-hybridized carbons (Fsp3) is 0.412. The van der Waals surface area contributed by atoms with Crippen LogP contribution in [0, 0.1) is 5.92 Å². The van der Waals surface area contributed by atoms with E-state index >= 15 is 0 Å². The van der Waals surface area contributed by atoms with Crippen LogP contribution in [0.4, 0.5) is 0 Å². The van der Waals surface area contributed by atoms with Crippen LogP contribution in [0.25, 0.3) is 5.76 Å². The monoisotopic (exact) mass is 302 g/mol. The van der Waals surface area contributed by atoms with E-state index in [0.717, 1.165) is 16.9 Å². The summed E-state index contributed by atoms with van der Waals surface area (Å²) in [5.74, 6) is 0.311. The number of esters is 1. The van der Waals surface area contributed by atoms with E-state index in [1.165, 1.54) is 5.56 Å². The van der Waals surface area contributed by atoms with E-state index in [-0.39, 0.29) is 5.78 Å². The van der Waals surface area contributed by atoms with Crippen molar-refractivity contribution in [3.63, 3.8) is 0 Å². The third-order valence-electron chi connectivity index (χ3n) is 4.32. The van der Waals surface area contributed by atoms with Gasteiger partial charge in [-0.15, -0.1) is 11.8 Å². The number of rotatable bonds is 2. The van der Waals surface area contributed by atoms with Gasteiger partial charge in [0.2, 0.25) is 0 Å². The Hall–Kier alpha value is -1.55. The molecule has 0 saturated heterocycles. The molecular formula is C17H18O3S. The maximum atomic E-state index is 12.3. The van der Waals surface area contributed by atoms with Crippen molar-refractivity contribution in [2.75, 3.05) is 5.75 Å². The van der Waals surface area contributed by atoms with Gasteiger partial charge in [0.15, 0.2) is 5.78 Å². The van der Waals surface area contributed by atoms with Gasteiger partial charge in [0, 0.05) is 21.8 Å². The van der Waals surface area contributed by atoms with Crippen molar-refractivity contribution >= 4 is 29.3 Å². The van der Waals surface area contributed by atoms with E-state index in [4.69, 9.17) is 4.74 Å². The van der Waals surface area contributed by atoms with Crippen molar-refractivity contribution in [1.29, 1.82) is 0 Å². The first-order chi connectivity index (χ1) is 10.0. The lowest BCUT2D eigenvalue weighted by Crippen LogP contribution is -2.32. The maximum absolute atomic E-state index is 12.3. The van der Waals surface area contributed by atoms with Crippen LogP contribution < -0.4 is 0 Å². The minimum atomic E-state index is -0.677. The van der Waals surface area contributed by atoms with Crippen LogP contribution in [-0.2, 0) is 14.3 Å². The van der Waals surface area contributed by atoms with E-state index in [0.29, 0.717) is 23.0 Å². The number of hydrogen-bond donors (Lipinski definition) is 0. The number of Topliss-reactive ketones (excluding diaryl/α,β-unsaturated/α-hetero) is 1. The van der Waals surface area contributed by atoms with Gasteiger partial charge in [-0.25, -0.2) is 0 Å². The Balaban J connectivity index is 2.11. The molecule has 0 bridgehead atoms. The lowest BCUT2D eigenvalue weighted by molar-refractivity contribution is -0.145. The van der Waals surface area contributed by atoms with Gasteiger partial charge in [0.1, 0.15) is 11.7 Å². The molecule has 1 aromatic carbocycles. The molecule has 0 amide bonds. The number of ketones is 1. The normalized spacial score (nSPS) is 22.5. The Morgan fingerprint density at radius 3 is 2.86 bits per heavy atom. The molecule has 0 aromatic heterocycles. The van der Waals surface area contributed by atoms with Gasteiger partial charge < -0.3 is 4.74 Å². The quantitative estimate of drug-likeness (QED) is 0.616. The molecule has 110 valence electrons. The zero-order valence-electron chi connectivity index (χ0n) is 12.4. The van der Waals surface area contributed by atoms with Crippen molar-refractivity contribution in [2.45, 2.75) is 38.0 Å². The van der Waals surface area contributed by atoms with Gasteiger partial charge in [0.05, 0.1) is 0 Å². The SMILES string of the molecule is CCC(C)c1ccc2c(c1)C1=C(CS2)C(=O)C(C)C(=O)O1. The van der Waals surface area contributed by atoms with E-state index in [9.17, 15) is 9.59 Å². The number of ether oxygens (including phenoxy) is 1. The summed E-state index contributed by atoms with van der Waals surface area (Å²) < 4.78 is 5.47. The fourth-order valence-electron chi connectivity index (χ4n) is 2.63. The average molecular weight is 302 g/mol. The highest BCUT2D eigenvalue weighted by atomic mass is 32.2. The van der Waals surface area contributed by atoms with E-state index in [1.54, 1.807) is 18.7 Å². The van der Waals surface area contributed by atoms with E-state index in [1.807, 2.05) is 0 Å². The van der Waals surface area contributed by atoms with Crippen LogP contribution in [0.2, 0.25) is 0 Å². The molecule has 2 unspecified atom stereocenters. The molecule has 0 fully saturated rings. The topological polar surface area (TPSA) is 43.4 Å². The summed E-state index contributed by atoms with van der Waals surface area (Å²) in [7, 11) is 0. The standard InChI is InChI=1S/C17H18O3S/c1-4-9(2)11-5-6-14-12(7-11)16-13(8-21-14)15(18)10(3)17(19)20-16/h5-7,9-10H,4,8H2,1-3H3. The van der Waals surface area contributed by atoms with Crippen molar-refractivity contribution in [3.8, 4) is 0 Å². The zero-order chi connectivity index (χ0) is 15.1. The second-order valence-corrected chi connectivity index (χ2v) is 6.69. The molecule has 2 atom stereocenters. The minimum Gasteiger partial charge on any atom is -0.425 e. The smallest absolute Gasteiger partial charge is 0.321 e. The summed E-state index contributed by atoms with van der Waals surface area (Å²) in [6, 6.07) is 6.27. The predicted molar refractivity (Wildman–Crippen MR) is 83.1 cm³/mol. The highest BCUT2D eigenvalue weighted by molar-refractivity contribution is 7.99. The van der Waals surface area contributed by atoms with Crippen LogP contribution in [0.5, 0.6) is 0 Å². The number of benzene rings is 1. The minimum absolute atomic E-state index is 0.0895. The van der Waals surface area contributed by atoms with Gasteiger partial charge >= 0.3 is 5.97 Å². The molecular weight excluding hydrogens is 284 g/mol. The van der Waals surface area contributed by atoms with Crippen LogP contribution in [0.3, 0.4) is 0 Å². The van der Waals surface area contributed by atoms with Crippen LogP contribution in [0.15, 0.2) is 28.7 Å². The summed E-state index contributed by atoms with van der Waals surface area (Å²) in [6.07, 6.45) is 1.05. The summed E-state index contributed by atoms with van der Waals surface area (Å²) in [6.45, 7) is 5.94. The summed E-state index contributed by atoms with van der Waals surface area (Å²) in [5.41, 5.74) is 2.77. The number of thioether (sulfide) groups is 1. The largest absolute Gasteiger partial charge is 0.425 e. The fourth-order valence-corrected chi connectivity index (χ4v) is 3.67. The predicted octanol–water partition coefficient (Wildman–Crippen LogP) is 3.78. The Kier molecular flexibility index (Phi) is 3.66. The van der Waals surface area contributed by atoms with Crippen molar-refractivity contribution in [3.05, 3.63) is 34.9 Å². The first-order valence-electron chi connectivity index (χ1n) is 7.29. The summed E-state index contributed by atoms with van der Waals surface area (Å²) >= 11 is 1.64. The zero-order valence-corrected chi connectivity index (χ0v) is 13.3. The van der Waals surface area contributed by atoms with Gasteiger partial charge in [-0.1, -0.05) is 19.9 Å². The molecule has 2 aliphatic heterocycles. The van der Waals surface area contributed by atoms with Crippen molar-refractivity contribution in [2.24, 2.45) is 5.92 Å². The summed E-state index contributed by atoms with van der Waals surface area (Å²) in [4.78, 5) is 25.2. The Morgan fingerprint density at radius 2 is 2.14 bits per heavy atom. The van der Waals surface area contributed by atoms with Gasteiger partial charge in [-0.2, -0.15) is 0 Å². The van der Waals surface area contributed by atoms with Gasteiger partial charge in [-0.3, -0.25) is 9.59 Å². The lowest BCUT2D eigenvalue weighted by atomic mass is 9.91. The van der Waals surface area contributed by atoms with Crippen LogP contribution in [-0.4, -0.2) is 17.5 Å². The molecule has 4 heteroatoms. The van der Waals surface area contributed by atoms with Crippen molar-refractivity contribution in [1.82, 2.24) is 0 Å². The van der Waals surface area contributed by atoms with E-state index in [2.05, 4.69) is 32.0 Å². The Labute approximate surface area is 128 Å². The lowest BCUT2D eigenvalue weighted by Gasteiger charge is -2.28. The molecule has 3 rings (SSSR count). The average Bonchev–Trinajstić information content (AvgIpc) is 2.51. The van der Waals surface area contributed by atoms with E-state index < -0.39 is 11.9 Å². The first-order valence-corrected chi connectivity index (χ1v) is 8.27.